The lowest BCUT2D eigenvalue weighted by Gasteiger charge is -2.03. The number of aryl methyl sites for hydroxylation is 1. The molecule has 0 unspecified atom stereocenters. The van der Waals surface area contributed by atoms with E-state index in [1.807, 2.05) is 6.92 Å². The van der Waals surface area contributed by atoms with Crippen LogP contribution >= 0.6 is 0 Å². The number of hydrogen-bond acceptors (Lipinski definition) is 4. The number of halogens is 1. The van der Waals surface area contributed by atoms with E-state index in [0.29, 0.717) is 11.5 Å². The van der Waals surface area contributed by atoms with Crippen molar-refractivity contribution < 1.29 is 9.18 Å². The van der Waals surface area contributed by atoms with Gasteiger partial charge in [-0.15, -0.1) is 5.10 Å². The summed E-state index contributed by atoms with van der Waals surface area (Å²) in [4.78, 5) is 15.9. The number of carbonyl (C=O) groups is 1. The predicted molar refractivity (Wildman–Crippen MR) is 69.1 cm³/mol. The van der Waals surface area contributed by atoms with E-state index in [4.69, 9.17) is 5.73 Å². The molecule has 0 saturated carbocycles. The highest BCUT2D eigenvalue weighted by Crippen LogP contribution is 2.16. The fourth-order valence-electron chi connectivity index (χ4n) is 1.55. The van der Waals surface area contributed by atoms with E-state index in [1.165, 1.54) is 18.2 Å². The number of rotatable bonds is 4. The van der Waals surface area contributed by atoms with Gasteiger partial charge in [-0.3, -0.25) is 9.89 Å². The average Bonchev–Trinajstić information content (AvgIpc) is 2.83. The highest BCUT2D eigenvalue weighted by atomic mass is 19.1. The Labute approximate surface area is 109 Å². The Morgan fingerprint density at radius 1 is 1.53 bits per heavy atom. The van der Waals surface area contributed by atoms with Crippen LogP contribution in [0.3, 0.4) is 0 Å². The molecule has 1 heterocycles. The van der Waals surface area contributed by atoms with Gasteiger partial charge in [-0.2, -0.15) is 0 Å². The number of benzene rings is 1. The molecule has 0 aliphatic rings. The lowest BCUT2D eigenvalue weighted by molar-refractivity contribution is 0.101. The van der Waals surface area contributed by atoms with Crippen LogP contribution in [0.2, 0.25) is 0 Å². The molecule has 0 bridgehead atoms. The SMILES string of the molecule is CCCc1nc(C(=O)Nc2ccc(F)c(N)c2)n[nH]1. The molecule has 1 amide bonds. The number of H-pyrrole nitrogens is 1. The molecule has 19 heavy (non-hydrogen) atoms. The van der Waals surface area contributed by atoms with E-state index in [0.717, 1.165) is 12.8 Å². The van der Waals surface area contributed by atoms with Gasteiger partial charge in [0.1, 0.15) is 11.6 Å². The summed E-state index contributed by atoms with van der Waals surface area (Å²) < 4.78 is 13.0. The molecule has 0 aliphatic carbocycles. The molecule has 0 radical (unpaired) electrons. The minimum atomic E-state index is -0.527. The smallest absolute Gasteiger partial charge is 0.295 e. The van der Waals surface area contributed by atoms with Gasteiger partial charge in [-0.05, 0) is 24.6 Å². The lowest BCUT2D eigenvalue weighted by atomic mass is 10.2. The number of nitrogens with zero attached hydrogens (tertiary/aromatic N) is 2. The van der Waals surface area contributed by atoms with Gasteiger partial charge < -0.3 is 11.1 Å². The van der Waals surface area contributed by atoms with E-state index in [9.17, 15) is 9.18 Å². The maximum Gasteiger partial charge on any atom is 0.295 e. The number of nitrogen functional groups attached to an aromatic ring is 1. The van der Waals surface area contributed by atoms with Crippen molar-refractivity contribution in [2.24, 2.45) is 0 Å². The maximum atomic E-state index is 13.0. The third-order valence-corrected chi connectivity index (χ3v) is 2.48. The van der Waals surface area contributed by atoms with Gasteiger partial charge in [0, 0.05) is 12.1 Å². The number of anilines is 2. The summed E-state index contributed by atoms with van der Waals surface area (Å²) in [5, 5.41) is 9.06. The molecule has 0 atom stereocenters. The van der Waals surface area contributed by atoms with Crippen molar-refractivity contribution in [1.82, 2.24) is 15.2 Å². The van der Waals surface area contributed by atoms with Crippen molar-refractivity contribution in [3.05, 3.63) is 35.7 Å². The van der Waals surface area contributed by atoms with Gasteiger partial charge in [0.05, 0.1) is 5.69 Å². The van der Waals surface area contributed by atoms with E-state index in [-0.39, 0.29) is 11.5 Å². The summed E-state index contributed by atoms with van der Waals surface area (Å²) in [6.07, 6.45) is 1.63. The normalized spacial score (nSPS) is 10.4. The third kappa shape index (κ3) is 3.06. The first-order valence-electron chi connectivity index (χ1n) is 5.87. The van der Waals surface area contributed by atoms with Gasteiger partial charge in [-0.25, -0.2) is 9.37 Å². The molecule has 2 aromatic rings. The Balaban J connectivity index is 2.09. The Kier molecular flexibility index (Phi) is 3.74. The zero-order valence-corrected chi connectivity index (χ0v) is 10.4. The average molecular weight is 263 g/mol. The molecule has 100 valence electrons. The minimum Gasteiger partial charge on any atom is -0.396 e. The Bertz CT molecular complexity index is 596. The van der Waals surface area contributed by atoms with E-state index in [2.05, 4.69) is 20.5 Å². The van der Waals surface area contributed by atoms with Crippen molar-refractivity contribution in [3.8, 4) is 0 Å². The summed E-state index contributed by atoms with van der Waals surface area (Å²) >= 11 is 0. The topological polar surface area (TPSA) is 96.7 Å². The van der Waals surface area contributed by atoms with Crippen LogP contribution in [0.4, 0.5) is 15.8 Å². The molecule has 6 nitrogen and oxygen atoms in total. The highest BCUT2D eigenvalue weighted by molar-refractivity contribution is 6.01. The molecule has 1 aromatic carbocycles. The summed E-state index contributed by atoms with van der Waals surface area (Å²) in [6, 6.07) is 3.95. The largest absolute Gasteiger partial charge is 0.396 e. The Morgan fingerprint density at radius 3 is 3.00 bits per heavy atom. The van der Waals surface area contributed by atoms with Crippen LogP contribution in [0.15, 0.2) is 18.2 Å². The summed E-state index contributed by atoms with van der Waals surface area (Å²) in [5.41, 5.74) is 5.78. The van der Waals surface area contributed by atoms with E-state index >= 15 is 0 Å². The van der Waals surface area contributed by atoms with Gasteiger partial charge in [-0.1, -0.05) is 6.92 Å². The van der Waals surface area contributed by atoms with Crippen molar-refractivity contribution >= 4 is 17.3 Å². The van der Waals surface area contributed by atoms with Crippen LogP contribution < -0.4 is 11.1 Å². The summed E-state index contributed by atoms with van der Waals surface area (Å²) in [7, 11) is 0. The number of aromatic nitrogens is 3. The van der Waals surface area contributed by atoms with Crippen molar-refractivity contribution in [2.75, 3.05) is 11.1 Å². The minimum absolute atomic E-state index is 0.0283. The monoisotopic (exact) mass is 263 g/mol. The van der Waals surface area contributed by atoms with Crippen molar-refractivity contribution in [1.29, 1.82) is 0 Å². The molecular weight excluding hydrogens is 249 g/mol. The summed E-state index contributed by atoms with van der Waals surface area (Å²) in [6.45, 7) is 2.00. The Morgan fingerprint density at radius 2 is 2.32 bits per heavy atom. The number of aromatic amines is 1. The van der Waals surface area contributed by atoms with Gasteiger partial charge in [0.25, 0.3) is 5.91 Å². The molecule has 0 saturated heterocycles. The van der Waals surface area contributed by atoms with Gasteiger partial charge in [0.2, 0.25) is 5.82 Å². The molecule has 0 spiro atoms. The molecular formula is C12H14FN5O. The standard InChI is InChI=1S/C12H14FN5O/c1-2-3-10-16-11(18-17-10)12(19)15-7-4-5-8(13)9(14)6-7/h4-6H,2-3,14H2,1H3,(H,15,19)(H,16,17,18). The zero-order valence-electron chi connectivity index (χ0n) is 10.4. The fraction of sp³-hybridized carbons (Fsp3) is 0.250. The second-order valence-corrected chi connectivity index (χ2v) is 4.05. The number of hydrogen-bond donors (Lipinski definition) is 3. The van der Waals surface area contributed by atoms with Crippen LogP contribution in [-0.2, 0) is 6.42 Å². The molecule has 0 fully saturated rings. The van der Waals surface area contributed by atoms with Crippen LogP contribution in [0, 0.1) is 5.82 Å². The molecule has 4 N–H and O–H groups in total. The number of nitrogens with one attached hydrogen (secondary N) is 2. The second kappa shape index (κ2) is 5.47. The quantitative estimate of drug-likeness (QED) is 0.732. The number of carbonyl (C=O) groups excluding carboxylic acids is 1. The molecule has 7 heteroatoms. The number of nitrogens with two attached hydrogens (primary N) is 1. The molecule has 2 rings (SSSR count). The lowest BCUT2D eigenvalue weighted by Crippen LogP contribution is -2.14. The number of amides is 1. The zero-order chi connectivity index (χ0) is 13.8. The van der Waals surface area contributed by atoms with E-state index < -0.39 is 11.7 Å². The van der Waals surface area contributed by atoms with Crippen molar-refractivity contribution in [2.45, 2.75) is 19.8 Å². The van der Waals surface area contributed by atoms with Crippen LogP contribution in [0.25, 0.3) is 0 Å². The molecule has 0 aliphatic heterocycles. The first kappa shape index (κ1) is 13.0. The predicted octanol–water partition coefficient (Wildman–Crippen LogP) is 1.73. The molecule has 1 aromatic heterocycles. The third-order valence-electron chi connectivity index (χ3n) is 2.48. The first-order chi connectivity index (χ1) is 9.10. The van der Waals surface area contributed by atoms with E-state index in [1.54, 1.807) is 0 Å². The first-order valence-corrected chi connectivity index (χ1v) is 5.87. The van der Waals surface area contributed by atoms with Crippen LogP contribution in [-0.4, -0.2) is 21.1 Å². The van der Waals surface area contributed by atoms with Gasteiger partial charge >= 0.3 is 0 Å². The second-order valence-electron chi connectivity index (χ2n) is 4.05. The van der Waals surface area contributed by atoms with Crippen molar-refractivity contribution in [3.63, 3.8) is 0 Å². The van der Waals surface area contributed by atoms with Crippen LogP contribution in [0.5, 0.6) is 0 Å². The summed E-state index contributed by atoms with van der Waals surface area (Å²) in [5.74, 6) is -0.289. The Hall–Kier alpha value is -2.44. The maximum absolute atomic E-state index is 13.0. The highest BCUT2D eigenvalue weighted by Gasteiger charge is 2.12. The fourth-order valence-corrected chi connectivity index (χ4v) is 1.55. The van der Waals surface area contributed by atoms with Crippen LogP contribution in [0.1, 0.15) is 29.8 Å². The van der Waals surface area contributed by atoms with Gasteiger partial charge in [0.15, 0.2) is 0 Å².